The second kappa shape index (κ2) is 9.55. The molecule has 1 aliphatic rings. The van der Waals surface area contributed by atoms with Gasteiger partial charge in [-0.25, -0.2) is 19.9 Å². The molecule has 1 aromatic carbocycles. The molecule has 1 amide bonds. The number of benzene rings is 1. The minimum Gasteiger partial charge on any atom is -0.357 e. The van der Waals surface area contributed by atoms with Crippen LogP contribution < -0.4 is 9.80 Å². The van der Waals surface area contributed by atoms with Crippen LogP contribution in [0, 0.1) is 0 Å². The monoisotopic (exact) mass is 521 g/mol. The van der Waals surface area contributed by atoms with Gasteiger partial charge in [0.15, 0.2) is 11.5 Å². The number of imidazole rings is 1. The van der Waals surface area contributed by atoms with Crippen LogP contribution in [0.1, 0.15) is 30.7 Å². The van der Waals surface area contributed by atoms with Crippen molar-refractivity contribution in [1.82, 2.24) is 24.5 Å². The van der Waals surface area contributed by atoms with Crippen molar-refractivity contribution < 1.29 is 18.0 Å². The summed E-state index contributed by atoms with van der Waals surface area (Å²) in [4.78, 5) is 34.1. The van der Waals surface area contributed by atoms with Gasteiger partial charge in [-0.05, 0) is 31.5 Å². The Hall–Kier alpha value is -4.28. The lowest BCUT2D eigenvalue weighted by Gasteiger charge is -2.24. The van der Waals surface area contributed by atoms with E-state index in [2.05, 4.69) is 28.8 Å². The van der Waals surface area contributed by atoms with Crippen LogP contribution in [0.25, 0.3) is 22.8 Å². The highest BCUT2D eigenvalue weighted by atomic mass is 19.4. The first kappa shape index (κ1) is 25.4. The molecule has 0 unspecified atom stereocenters. The van der Waals surface area contributed by atoms with E-state index in [1.807, 2.05) is 24.1 Å². The Bertz CT molecular complexity index is 1500. The largest absolute Gasteiger partial charge is 0.434 e. The first-order chi connectivity index (χ1) is 18.0. The highest BCUT2D eigenvalue weighted by molar-refractivity contribution is 6.00. The predicted octanol–water partition coefficient (Wildman–Crippen LogP) is 4.89. The fourth-order valence-corrected chi connectivity index (χ4v) is 4.34. The van der Waals surface area contributed by atoms with E-state index in [1.54, 1.807) is 41.6 Å². The zero-order valence-electron chi connectivity index (χ0n) is 21.4. The number of pyridine rings is 1. The molecule has 0 spiro atoms. The third kappa shape index (κ3) is 4.71. The van der Waals surface area contributed by atoms with Crippen molar-refractivity contribution >= 4 is 17.5 Å². The first-order valence-electron chi connectivity index (χ1n) is 12.1. The van der Waals surface area contributed by atoms with Gasteiger partial charge in [0.1, 0.15) is 17.5 Å². The highest BCUT2D eigenvalue weighted by Crippen LogP contribution is 2.34. The minimum absolute atomic E-state index is 0.0971. The summed E-state index contributed by atoms with van der Waals surface area (Å²) < 4.78 is 40.5. The number of amides is 1. The summed E-state index contributed by atoms with van der Waals surface area (Å²) >= 11 is 0. The third-order valence-electron chi connectivity index (χ3n) is 6.60. The molecule has 0 bridgehead atoms. The Kier molecular flexibility index (Phi) is 6.38. The van der Waals surface area contributed by atoms with E-state index in [1.165, 1.54) is 11.6 Å². The number of rotatable bonds is 6. The molecular weight excluding hydrogens is 495 g/mol. The van der Waals surface area contributed by atoms with Crippen molar-refractivity contribution in [2.24, 2.45) is 7.05 Å². The number of hydrogen-bond acceptors (Lipinski definition) is 6. The minimum atomic E-state index is -4.51. The smallest absolute Gasteiger partial charge is 0.357 e. The van der Waals surface area contributed by atoms with Gasteiger partial charge in [0.05, 0.1) is 18.5 Å². The predicted molar refractivity (Wildman–Crippen MR) is 137 cm³/mol. The number of aromatic nitrogens is 5. The first-order valence-corrected chi connectivity index (χ1v) is 12.1. The van der Waals surface area contributed by atoms with E-state index in [0.717, 1.165) is 28.7 Å². The van der Waals surface area contributed by atoms with E-state index in [-0.39, 0.29) is 30.7 Å². The van der Waals surface area contributed by atoms with E-state index in [9.17, 15) is 18.0 Å². The highest BCUT2D eigenvalue weighted by Gasteiger charge is 2.35. The molecule has 0 radical (unpaired) electrons. The van der Waals surface area contributed by atoms with Gasteiger partial charge >= 0.3 is 6.18 Å². The molecule has 4 heterocycles. The second-order valence-electron chi connectivity index (χ2n) is 9.53. The third-order valence-corrected chi connectivity index (χ3v) is 6.60. The van der Waals surface area contributed by atoms with Crippen LogP contribution in [0.5, 0.6) is 0 Å². The topological polar surface area (TPSA) is 80.0 Å². The molecule has 5 rings (SSSR count). The molecule has 0 aliphatic carbocycles. The van der Waals surface area contributed by atoms with Crippen LogP contribution in [0.4, 0.5) is 24.8 Å². The summed E-state index contributed by atoms with van der Waals surface area (Å²) in [6.45, 7) is 4.40. The molecule has 8 nitrogen and oxygen atoms in total. The normalized spacial score (nSPS) is 13.4. The molecule has 4 aromatic rings. The SMILES string of the molecule is CC(C)N(C)c1ncccc1-c1ncc2c(n1)N(Cc1ccc(-c3nc(C(F)(F)F)cn3C)cc1)C(=O)C2. The summed E-state index contributed by atoms with van der Waals surface area (Å²) in [5, 5.41) is 0. The number of carbonyl (C=O) groups is 1. The average Bonchev–Trinajstić information content (AvgIpc) is 3.43. The Balaban J connectivity index is 1.42. The fraction of sp³-hybridized carbons (Fsp3) is 0.296. The molecule has 0 fully saturated rings. The molecular formula is C27H26F3N7O. The fourth-order valence-electron chi connectivity index (χ4n) is 4.34. The van der Waals surface area contributed by atoms with Crippen molar-refractivity contribution in [3.05, 3.63) is 71.8 Å². The molecule has 0 saturated heterocycles. The van der Waals surface area contributed by atoms with Gasteiger partial charge in [0.2, 0.25) is 5.91 Å². The number of aryl methyl sites for hydroxylation is 1. The van der Waals surface area contributed by atoms with E-state index < -0.39 is 11.9 Å². The number of anilines is 2. The van der Waals surface area contributed by atoms with Crippen LogP contribution in [0.2, 0.25) is 0 Å². The summed E-state index contributed by atoms with van der Waals surface area (Å²) in [5.74, 6) is 1.88. The number of fused-ring (bicyclic) bond motifs is 1. The Labute approximate surface area is 217 Å². The van der Waals surface area contributed by atoms with Gasteiger partial charge in [-0.1, -0.05) is 24.3 Å². The van der Waals surface area contributed by atoms with Gasteiger partial charge in [-0.15, -0.1) is 0 Å². The molecule has 0 saturated carbocycles. The number of nitrogens with zero attached hydrogens (tertiary/aromatic N) is 7. The standard InChI is InChI=1S/C27H26F3N7O/c1-16(2)36(4)26-20(6-5-11-31-26)23-32-13-19-12-22(38)37(25(19)34-23)14-17-7-9-18(10-8-17)24-33-21(15-35(24)3)27(28,29)30/h5-11,13,15-16H,12,14H2,1-4H3. The van der Waals surface area contributed by atoms with Gasteiger partial charge in [0, 0.05) is 49.9 Å². The molecule has 3 aromatic heterocycles. The quantitative estimate of drug-likeness (QED) is 0.360. The number of alkyl halides is 3. The number of halogens is 3. The van der Waals surface area contributed by atoms with Gasteiger partial charge in [-0.2, -0.15) is 13.2 Å². The van der Waals surface area contributed by atoms with Crippen LogP contribution >= 0.6 is 0 Å². The van der Waals surface area contributed by atoms with Crippen LogP contribution in [-0.2, 0) is 31.0 Å². The molecule has 38 heavy (non-hydrogen) atoms. The zero-order valence-corrected chi connectivity index (χ0v) is 21.4. The maximum absolute atomic E-state index is 13.1. The zero-order chi connectivity index (χ0) is 27.2. The number of hydrogen-bond donors (Lipinski definition) is 0. The average molecular weight is 522 g/mol. The second-order valence-corrected chi connectivity index (χ2v) is 9.53. The maximum Gasteiger partial charge on any atom is 0.434 e. The van der Waals surface area contributed by atoms with Crippen molar-refractivity contribution in [3.8, 4) is 22.8 Å². The van der Waals surface area contributed by atoms with Crippen molar-refractivity contribution in [2.45, 2.75) is 39.0 Å². The molecule has 0 N–H and O–H groups in total. The van der Waals surface area contributed by atoms with E-state index in [0.29, 0.717) is 17.2 Å². The van der Waals surface area contributed by atoms with E-state index >= 15 is 0 Å². The Morgan fingerprint density at radius 1 is 1.08 bits per heavy atom. The summed E-state index contributed by atoms with van der Waals surface area (Å²) in [5.41, 5.74) is 1.92. The van der Waals surface area contributed by atoms with Crippen LogP contribution in [0.15, 0.2) is 55.0 Å². The lowest BCUT2D eigenvalue weighted by atomic mass is 10.1. The maximum atomic E-state index is 13.1. The lowest BCUT2D eigenvalue weighted by molar-refractivity contribution is -0.140. The van der Waals surface area contributed by atoms with E-state index in [4.69, 9.17) is 4.98 Å². The van der Waals surface area contributed by atoms with Gasteiger partial charge in [0.25, 0.3) is 0 Å². The lowest BCUT2D eigenvalue weighted by Crippen LogP contribution is -2.27. The van der Waals surface area contributed by atoms with Crippen molar-refractivity contribution in [2.75, 3.05) is 16.8 Å². The Morgan fingerprint density at radius 3 is 2.47 bits per heavy atom. The summed E-state index contributed by atoms with van der Waals surface area (Å²) in [7, 11) is 3.48. The molecule has 0 atom stereocenters. The van der Waals surface area contributed by atoms with Crippen LogP contribution in [0.3, 0.4) is 0 Å². The van der Waals surface area contributed by atoms with Crippen molar-refractivity contribution in [1.29, 1.82) is 0 Å². The summed E-state index contributed by atoms with van der Waals surface area (Å²) in [6.07, 6.45) is 0.0600. The van der Waals surface area contributed by atoms with Gasteiger partial charge in [-0.3, -0.25) is 9.69 Å². The summed E-state index contributed by atoms with van der Waals surface area (Å²) in [6, 6.07) is 10.9. The molecule has 11 heteroatoms. The molecule has 1 aliphatic heterocycles. The number of carbonyl (C=O) groups excluding carboxylic acids is 1. The Morgan fingerprint density at radius 2 is 1.82 bits per heavy atom. The van der Waals surface area contributed by atoms with Crippen LogP contribution in [-0.4, -0.2) is 43.5 Å². The van der Waals surface area contributed by atoms with Gasteiger partial charge < -0.3 is 9.47 Å². The van der Waals surface area contributed by atoms with Crippen molar-refractivity contribution in [3.63, 3.8) is 0 Å². The molecule has 196 valence electrons.